The molecule has 5 nitrogen and oxygen atoms in total. The van der Waals surface area contributed by atoms with Gasteiger partial charge in [-0.2, -0.15) is 0 Å². The number of hydrogen-bond acceptors (Lipinski definition) is 6. The van der Waals surface area contributed by atoms with Gasteiger partial charge in [0, 0.05) is 4.88 Å². The number of thioether (sulfide) groups is 1. The molecular formula is C15H15NO4S2. The first-order valence-corrected chi connectivity index (χ1v) is 8.50. The minimum Gasteiger partial charge on any atom is -0.502 e. The Morgan fingerprint density at radius 2 is 1.95 bits per heavy atom. The number of nitrogens with one attached hydrogen (secondary N) is 1. The first-order valence-electron chi connectivity index (χ1n) is 6.57. The number of phenols is 1. The highest BCUT2D eigenvalue weighted by molar-refractivity contribution is 8.00. The van der Waals surface area contributed by atoms with E-state index < -0.39 is 0 Å². The largest absolute Gasteiger partial charge is 0.502 e. The third-order valence-electron chi connectivity index (χ3n) is 3.39. The molecule has 3 rings (SSSR count). The molecule has 7 heteroatoms. The van der Waals surface area contributed by atoms with Crippen LogP contribution >= 0.6 is 23.1 Å². The van der Waals surface area contributed by atoms with Crippen LogP contribution < -0.4 is 14.8 Å². The zero-order valence-electron chi connectivity index (χ0n) is 12.1. The molecule has 0 aliphatic carbocycles. The summed E-state index contributed by atoms with van der Waals surface area (Å²) in [6.07, 6.45) is 0. The molecule has 0 saturated carbocycles. The summed E-state index contributed by atoms with van der Waals surface area (Å²) in [6, 6.07) is 5.48. The van der Waals surface area contributed by atoms with Gasteiger partial charge in [0.05, 0.1) is 30.9 Å². The van der Waals surface area contributed by atoms with Crippen LogP contribution in [0, 0.1) is 0 Å². The van der Waals surface area contributed by atoms with E-state index in [1.54, 1.807) is 35.2 Å². The Balaban J connectivity index is 2.09. The van der Waals surface area contributed by atoms with E-state index in [4.69, 9.17) is 9.47 Å². The van der Waals surface area contributed by atoms with Gasteiger partial charge in [0.1, 0.15) is 0 Å². The summed E-state index contributed by atoms with van der Waals surface area (Å²) in [4.78, 5) is 12.9. The van der Waals surface area contributed by atoms with E-state index in [0.29, 0.717) is 17.3 Å². The highest BCUT2D eigenvalue weighted by Crippen LogP contribution is 2.48. The summed E-state index contributed by atoms with van der Waals surface area (Å²) in [7, 11) is 3.00. The molecule has 0 radical (unpaired) electrons. The molecule has 0 fully saturated rings. The fraction of sp³-hybridized carbons (Fsp3) is 0.267. The smallest absolute Gasteiger partial charge is 0.234 e. The predicted molar refractivity (Wildman–Crippen MR) is 88.5 cm³/mol. The SMILES string of the molecule is COc1cc([C@@H]2SCC(=O)Nc3ccsc32)cc(OC)c1O. The van der Waals surface area contributed by atoms with Crippen molar-refractivity contribution < 1.29 is 19.4 Å². The van der Waals surface area contributed by atoms with Gasteiger partial charge in [-0.25, -0.2) is 0 Å². The molecule has 1 aliphatic rings. The molecule has 116 valence electrons. The van der Waals surface area contributed by atoms with Crippen molar-refractivity contribution in [3.8, 4) is 17.2 Å². The zero-order valence-corrected chi connectivity index (χ0v) is 13.7. The maximum Gasteiger partial charge on any atom is 0.234 e. The van der Waals surface area contributed by atoms with Gasteiger partial charge in [-0.15, -0.1) is 23.1 Å². The van der Waals surface area contributed by atoms with Crippen LogP contribution in [-0.4, -0.2) is 31.0 Å². The number of anilines is 1. The Labute approximate surface area is 136 Å². The molecule has 1 amide bonds. The van der Waals surface area contributed by atoms with Crippen LogP contribution in [0.4, 0.5) is 5.69 Å². The Kier molecular flexibility index (Phi) is 4.17. The van der Waals surface area contributed by atoms with Gasteiger partial charge in [0.2, 0.25) is 11.7 Å². The summed E-state index contributed by atoms with van der Waals surface area (Å²) < 4.78 is 10.4. The second kappa shape index (κ2) is 6.10. The van der Waals surface area contributed by atoms with E-state index in [1.165, 1.54) is 14.2 Å². The number of rotatable bonds is 3. The van der Waals surface area contributed by atoms with E-state index in [9.17, 15) is 9.90 Å². The molecule has 1 aromatic heterocycles. The topological polar surface area (TPSA) is 67.8 Å². The van der Waals surface area contributed by atoms with Crippen LogP contribution in [0.5, 0.6) is 17.2 Å². The number of phenolic OH excluding ortho intramolecular Hbond substituents is 1. The Morgan fingerprint density at radius 3 is 2.59 bits per heavy atom. The van der Waals surface area contributed by atoms with Gasteiger partial charge in [-0.3, -0.25) is 4.79 Å². The lowest BCUT2D eigenvalue weighted by Crippen LogP contribution is -2.11. The van der Waals surface area contributed by atoms with Crippen LogP contribution in [0.15, 0.2) is 23.6 Å². The van der Waals surface area contributed by atoms with Gasteiger partial charge in [0.15, 0.2) is 11.5 Å². The Morgan fingerprint density at radius 1 is 1.27 bits per heavy atom. The van der Waals surface area contributed by atoms with Gasteiger partial charge in [-0.1, -0.05) is 0 Å². The van der Waals surface area contributed by atoms with E-state index in [-0.39, 0.29) is 16.9 Å². The monoisotopic (exact) mass is 337 g/mol. The van der Waals surface area contributed by atoms with Crippen LogP contribution in [0.1, 0.15) is 15.7 Å². The minimum atomic E-state index is -0.0204. The van der Waals surface area contributed by atoms with Crippen molar-refractivity contribution in [3.63, 3.8) is 0 Å². The van der Waals surface area contributed by atoms with Crippen molar-refractivity contribution in [3.05, 3.63) is 34.0 Å². The van der Waals surface area contributed by atoms with E-state index in [0.717, 1.165) is 16.1 Å². The minimum absolute atomic E-state index is 0.00939. The number of carbonyl (C=O) groups excluding carboxylic acids is 1. The van der Waals surface area contributed by atoms with Crippen molar-refractivity contribution >= 4 is 34.7 Å². The van der Waals surface area contributed by atoms with Gasteiger partial charge in [0.25, 0.3) is 0 Å². The first kappa shape index (κ1) is 15.1. The van der Waals surface area contributed by atoms with Crippen LogP contribution in [0.3, 0.4) is 0 Å². The Bertz CT molecular complexity index is 688. The summed E-state index contributed by atoms with van der Waals surface area (Å²) in [5.41, 5.74) is 1.77. The van der Waals surface area contributed by atoms with Crippen LogP contribution in [-0.2, 0) is 4.79 Å². The molecule has 2 heterocycles. The summed E-state index contributed by atoms with van der Waals surface area (Å²) in [6.45, 7) is 0. The number of thiophene rings is 1. The quantitative estimate of drug-likeness (QED) is 0.900. The normalized spacial score (nSPS) is 17.4. The highest BCUT2D eigenvalue weighted by atomic mass is 32.2. The molecule has 1 aromatic carbocycles. The number of methoxy groups -OCH3 is 2. The summed E-state index contributed by atoms with van der Waals surface area (Å²) in [5.74, 6) is 1.06. The third-order valence-corrected chi connectivity index (χ3v) is 5.79. The zero-order chi connectivity index (χ0) is 15.7. The van der Waals surface area contributed by atoms with Crippen molar-refractivity contribution in [2.45, 2.75) is 5.25 Å². The number of hydrogen-bond donors (Lipinski definition) is 2. The van der Waals surface area contributed by atoms with Crippen molar-refractivity contribution in [1.29, 1.82) is 0 Å². The van der Waals surface area contributed by atoms with Gasteiger partial charge < -0.3 is 19.9 Å². The van der Waals surface area contributed by atoms with Crippen LogP contribution in [0.2, 0.25) is 0 Å². The second-order valence-corrected chi connectivity index (χ2v) is 6.75. The van der Waals surface area contributed by atoms with Gasteiger partial charge in [-0.05, 0) is 29.1 Å². The molecule has 22 heavy (non-hydrogen) atoms. The molecule has 2 N–H and O–H groups in total. The predicted octanol–water partition coefficient (Wildman–Crippen LogP) is 3.25. The number of amides is 1. The number of carbonyl (C=O) groups is 1. The molecule has 1 atom stereocenters. The number of aromatic hydroxyl groups is 1. The molecule has 0 saturated heterocycles. The number of benzene rings is 1. The fourth-order valence-electron chi connectivity index (χ4n) is 2.36. The average molecular weight is 337 g/mol. The van der Waals surface area contributed by atoms with E-state index in [1.807, 2.05) is 11.4 Å². The lowest BCUT2D eigenvalue weighted by atomic mass is 10.1. The molecule has 2 aromatic rings. The maximum absolute atomic E-state index is 11.8. The van der Waals surface area contributed by atoms with Crippen molar-refractivity contribution in [1.82, 2.24) is 0 Å². The summed E-state index contributed by atoms with van der Waals surface area (Å²) in [5, 5.41) is 14.9. The molecule has 1 aliphatic heterocycles. The standard InChI is InChI=1S/C15H15NO4S2/c1-19-10-5-8(6-11(20-2)13(10)18)14-15-9(3-4-21-15)16-12(17)7-22-14/h3-6,14,18H,7H2,1-2H3,(H,16,17)/t14-/m0/s1. The maximum atomic E-state index is 11.8. The number of fused-ring (bicyclic) bond motifs is 1. The molecule has 0 spiro atoms. The molecule has 0 bridgehead atoms. The van der Waals surface area contributed by atoms with Gasteiger partial charge >= 0.3 is 0 Å². The lowest BCUT2D eigenvalue weighted by Gasteiger charge is -2.17. The van der Waals surface area contributed by atoms with Crippen LogP contribution in [0.25, 0.3) is 0 Å². The van der Waals surface area contributed by atoms with E-state index in [2.05, 4.69) is 5.32 Å². The van der Waals surface area contributed by atoms with Crippen molar-refractivity contribution in [2.24, 2.45) is 0 Å². The molecular weight excluding hydrogens is 322 g/mol. The average Bonchev–Trinajstić information content (AvgIpc) is 2.90. The highest BCUT2D eigenvalue weighted by Gasteiger charge is 2.27. The number of ether oxygens (including phenoxy) is 2. The third kappa shape index (κ3) is 2.62. The Hall–Kier alpha value is -1.86. The van der Waals surface area contributed by atoms with E-state index >= 15 is 0 Å². The first-order chi connectivity index (χ1) is 10.6. The summed E-state index contributed by atoms with van der Waals surface area (Å²) >= 11 is 3.14. The molecule has 0 unspecified atom stereocenters. The second-order valence-electron chi connectivity index (χ2n) is 4.71. The van der Waals surface area contributed by atoms with Crippen molar-refractivity contribution in [2.75, 3.05) is 25.3 Å². The fourth-order valence-corrected chi connectivity index (χ4v) is 4.59. The lowest BCUT2D eigenvalue weighted by molar-refractivity contribution is -0.113.